The molecule has 13 rings (SSSR count). The second-order valence-electron chi connectivity index (χ2n) is 15.8. The van der Waals surface area contributed by atoms with E-state index in [0.29, 0.717) is 0 Å². The topological polar surface area (TPSA) is 17.8 Å². The van der Waals surface area contributed by atoms with Gasteiger partial charge in [-0.2, -0.15) is 0 Å². The van der Waals surface area contributed by atoms with Crippen molar-refractivity contribution in [2.24, 2.45) is 0 Å². The van der Waals surface area contributed by atoms with Gasteiger partial charge in [0.1, 0.15) is 5.82 Å². The molecule has 0 fully saturated rings. The molecular weight excluding hydrogens is 701 g/mol. The van der Waals surface area contributed by atoms with Gasteiger partial charge in [-0.25, -0.2) is 4.98 Å². The Morgan fingerprint density at radius 3 is 1.71 bits per heavy atom. The SMILES string of the molecule is c1ccc(-c2nc3cc(-c4ccc5cc6c(cc5c4)C4(c5ccccc5-c5ccccc54)c4c-6c5ccccc5c5ccccc45)ccc3n2-c2ccccc2)cc1. The first-order chi connectivity index (χ1) is 28.8. The molecule has 268 valence electrons. The molecule has 1 heterocycles. The predicted octanol–water partition coefficient (Wildman–Crippen LogP) is 14.2. The second-order valence-corrected chi connectivity index (χ2v) is 15.8. The van der Waals surface area contributed by atoms with Crippen LogP contribution in [0, 0.1) is 0 Å². The first-order valence-corrected chi connectivity index (χ1v) is 20.1. The summed E-state index contributed by atoms with van der Waals surface area (Å²) >= 11 is 0. The van der Waals surface area contributed by atoms with Gasteiger partial charge in [0, 0.05) is 11.3 Å². The number of para-hydroxylation sites is 1. The van der Waals surface area contributed by atoms with Crippen LogP contribution in [0.25, 0.3) is 93.8 Å². The van der Waals surface area contributed by atoms with Crippen LogP contribution in [-0.4, -0.2) is 9.55 Å². The molecule has 1 spiro atoms. The molecule has 0 atom stereocenters. The highest BCUT2D eigenvalue weighted by atomic mass is 15.1. The third-order valence-electron chi connectivity index (χ3n) is 12.9. The Balaban J connectivity index is 1.07. The zero-order valence-corrected chi connectivity index (χ0v) is 31.5. The van der Waals surface area contributed by atoms with Crippen molar-refractivity contribution in [3.05, 3.63) is 229 Å². The summed E-state index contributed by atoms with van der Waals surface area (Å²) < 4.78 is 2.28. The number of nitrogens with zero attached hydrogens (tertiary/aromatic N) is 2. The van der Waals surface area contributed by atoms with Crippen molar-refractivity contribution < 1.29 is 0 Å². The fourth-order valence-electron chi connectivity index (χ4n) is 10.6. The third kappa shape index (κ3) is 4.13. The smallest absolute Gasteiger partial charge is 0.145 e. The molecule has 2 heteroatoms. The summed E-state index contributed by atoms with van der Waals surface area (Å²) in [7, 11) is 0. The lowest BCUT2D eigenvalue weighted by Crippen LogP contribution is -2.26. The minimum absolute atomic E-state index is 0.470. The van der Waals surface area contributed by atoms with Gasteiger partial charge >= 0.3 is 0 Å². The molecule has 2 nitrogen and oxygen atoms in total. The normalized spacial score (nSPS) is 13.3. The van der Waals surface area contributed by atoms with Gasteiger partial charge in [0.05, 0.1) is 16.4 Å². The Labute approximate surface area is 335 Å². The highest BCUT2D eigenvalue weighted by molar-refractivity contribution is 6.20. The predicted molar refractivity (Wildman–Crippen MR) is 241 cm³/mol. The van der Waals surface area contributed by atoms with Gasteiger partial charge in [0.15, 0.2) is 0 Å². The summed E-state index contributed by atoms with van der Waals surface area (Å²) in [4.78, 5) is 5.28. The Bertz CT molecular complexity index is 3460. The quantitative estimate of drug-likeness (QED) is 0.165. The van der Waals surface area contributed by atoms with Crippen molar-refractivity contribution >= 4 is 43.4 Å². The number of rotatable bonds is 3. The molecule has 0 unspecified atom stereocenters. The minimum Gasteiger partial charge on any atom is -0.292 e. The van der Waals surface area contributed by atoms with Gasteiger partial charge < -0.3 is 0 Å². The maximum Gasteiger partial charge on any atom is 0.145 e. The number of aromatic nitrogens is 2. The Hall–Kier alpha value is -7.55. The van der Waals surface area contributed by atoms with Crippen LogP contribution in [0.5, 0.6) is 0 Å². The number of hydrogen-bond acceptors (Lipinski definition) is 1. The monoisotopic (exact) mass is 734 g/mol. The van der Waals surface area contributed by atoms with E-state index < -0.39 is 5.41 Å². The fraction of sp³-hybridized carbons (Fsp3) is 0.0179. The Morgan fingerprint density at radius 1 is 0.379 bits per heavy atom. The van der Waals surface area contributed by atoms with Crippen molar-refractivity contribution in [1.82, 2.24) is 9.55 Å². The lowest BCUT2D eigenvalue weighted by molar-refractivity contribution is 0.803. The molecule has 10 aromatic carbocycles. The van der Waals surface area contributed by atoms with Crippen LogP contribution >= 0.6 is 0 Å². The number of hydrogen-bond donors (Lipinski definition) is 0. The molecule has 0 aliphatic heterocycles. The molecule has 0 N–H and O–H groups in total. The Morgan fingerprint density at radius 2 is 0.966 bits per heavy atom. The number of benzene rings is 10. The zero-order valence-electron chi connectivity index (χ0n) is 31.5. The average molecular weight is 735 g/mol. The van der Waals surface area contributed by atoms with Crippen LogP contribution in [0.3, 0.4) is 0 Å². The van der Waals surface area contributed by atoms with Crippen molar-refractivity contribution in [1.29, 1.82) is 0 Å². The first-order valence-electron chi connectivity index (χ1n) is 20.1. The van der Waals surface area contributed by atoms with Gasteiger partial charge in [-0.3, -0.25) is 4.57 Å². The Kier molecular flexibility index (Phi) is 6.40. The summed E-state index contributed by atoms with van der Waals surface area (Å²) in [6.45, 7) is 0. The van der Waals surface area contributed by atoms with Crippen molar-refractivity contribution in [2.45, 2.75) is 5.41 Å². The highest BCUT2D eigenvalue weighted by Gasteiger charge is 2.53. The maximum absolute atomic E-state index is 5.28. The molecule has 11 aromatic rings. The summed E-state index contributed by atoms with van der Waals surface area (Å²) in [5.41, 5.74) is 16.9. The minimum atomic E-state index is -0.470. The molecule has 58 heavy (non-hydrogen) atoms. The van der Waals surface area contributed by atoms with E-state index in [9.17, 15) is 0 Å². The second kappa shape index (κ2) is 11.7. The van der Waals surface area contributed by atoms with Crippen molar-refractivity contribution in [3.8, 4) is 50.5 Å². The van der Waals surface area contributed by atoms with Gasteiger partial charge in [-0.05, 0) is 130 Å². The standard InChI is InChI=1S/C56H34N2/c1-3-15-35(16-4-1)55-57-51-34-38(29-30-52(51)58(55)40-17-5-2-6-18-40)36-27-28-37-32-47-50(33-39(37)31-36)56(48-25-13-11-21-43(48)44-22-12-14-26-49(44)56)54-46-24-10-8-20-42(46)41-19-7-9-23-45(41)53(47)54/h1-34H. The van der Waals surface area contributed by atoms with Crippen LogP contribution in [0.15, 0.2) is 206 Å². The van der Waals surface area contributed by atoms with E-state index in [4.69, 9.17) is 4.98 Å². The summed E-state index contributed by atoms with van der Waals surface area (Å²) in [5, 5.41) is 7.71. The lowest BCUT2D eigenvalue weighted by Gasteiger charge is -2.32. The van der Waals surface area contributed by atoms with E-state index in [2.05, 4.69) is 211 Å². The molecule has 0 saturated heterocycles. The molecule has 1 aromatic heterocycles. The van der Waals surface area contributed by atoms with E-state index >= 15 is 0 Å². The maximum atomic E-state index is 5.28. The third-order valence-corrected chi connectivity index (χ3v) is 12.9. The van der Waals surface area contributed by atoms with Gasteiger partial charge in [-0.15, -0.1) is 0 Å². The first kappa shape index (κ1) is 31.6. The van der Waals surface area contributed by atoms with Gasteiger partial charge in [-0.1, -0.05) is 164 Å². The molecule has 0 radical (unpaired) electrons. The van der Waals surface area contributed by atoms with E-state index in [-0.39, 0.29) is 0 Å². The molecule has 0 saturated carbocycles. The zero-order chi connectivity index (χ0) is 38.0. The van der Waals surface area contributed by atoms with Crippen molar-refractivity contribution in [3.63, 3.8) is 0 Å². The van der Waals surface area contributed by atoms with Gasteiger partial charge in [0.25, 0.3) is 0 Å². The summed E-state index contributed by atoms with van der Waals surface area (Å²) in [5.74, 6) is 0.940. The molecule has 2 aliphatic carbocycles. The van der Waals surface area contributed by atoms with Crippen LogP contribution in [0.1, 0.15) is 22.3 Å². The van der Waals surface area contributed by atoms with Crippen LogP contribution in [-0.2, 0) is 5.41 Å². The van der Waals surface area contributed by atoms with Crippen LogP contribution in [0.4, 0.5) is 0 Å². The molecule has 0 amide bonds. The van der Waals surface area contributed by atoms with E-state index in [1.807, 2.05) is 0 Å². The van der Waals surface area contributed by atoms with E-state index in [1.165, 1.54) is 82.4 Å². The average Bonchev–Trinajstić information content (AvgIpc) is 3.93. The highest BCUT2D eigenvalue weighted by Crippen LogP contribution is 2.65. The molecular formula is C56H34N2. The molecule has 0 bridgehead atoms. The summed E-state index contributed by atoms with van der Waals surface area (Å²) in [6.07, 6.45) is 0. The van der Waals surface area contributed by atoms with Crippen LogP contribution < -0.4 is 0 Å². The number of imidazole rings is 1. The fourth-order valence-corrected chi connectivity index (χ4v) is 10.6. The summed E-state index contributed by atoms with van der Waals surface area (Å²) in [6, 6.07) is 76.1. The van der Waals surface area contributed by atoms with Crippen molar-refractivity contribution in [2.75, 3.05) is 0 Å². The van der Waals surface area contributed by atoms with E-state index in [1.54, 1.807) is 0 Å². The van der Waals surface area contributed by atoms with Gasteiger partial charge in [0.2, 0.25) is 0 Å². The largest absolute Gasteiger partial charge is 0.292 e. The lowest BCUT2D eigenvalue weighted by atomic mass is 9.69. The number of fused-ring (bicyclic) bond motifs is 17. The van der Waals surface area contributed by atoms with Crippen LogP contribution in [0.2, 0.25) is 0 Å². The molecule has 2 aliphatic rings. The van der Waals surface area contributed by atoms with E-state index in [0.717, 1.165) is 33.7 Å².